The van der Waals surface area contributed by atoms with Crippen LogP contribution in [0.15, 0.2) is 48.5 Å². The lowest BCUT2D eigenvalue weighted by atomic mass is 9.55. The Kier molecular flexibility index (Phi) is 5.83. The van der Waals surface area contributed by atoms with Crippen molar-refractivity contribution in [1.29, 1.82) is 0 Å². The number of fused-ring (bicyclic) bond motifs is 5. The molecule has 31 heavy (non-hydrogen) atoms. The molecule has 3 aliphatic rings. The number of nitrogens with zero attached hydrogens (tertiary/aromatic N) is 1. The molecule has 0 amide bonds. The number of hydrogen-bond donors (Lipinski definition) is 1. The Hall–Kier alpha value is -1.84. The summed E-state index contributed by atoms with van der Waals surface area (Å²) in [5.41, 5.74) is 4.56. The summed E-state index contributed by atoms with van der Waals surface area (Å²) >= 11 is 0. The van der Waals surface area contributed by atoms with Crippen LogP contribution >= 0.6 is 0 Å². The molecule has 0 heterocycles. The van der Waals surface area contributed by atoms with E-state index in [0.29, 0.717) is 18.4 Å². The molecule has 0 bridgehead atoms. The quantitative estimate of drug-likeness (QED) is 0.679. The van der Waals surface area contributed by atoms with E-state index in [2.05, 4.69) is 67.4 Å². The number of rotatable bonds is 6. The first-order valence-electron chi connectivity index (χ1n) is 12.2. The van der Waals surface area contributed by atoms with Gasteiger partial charge in [0.05, 0.1) is 6.10 Å². The molecular formula is C28H37NO2. The summed E-state index contributed by atoms with van der Waals surface area (Å²) in [6.45, 7) is 4.94. The number of likely N-dealkylation sites (N-methyl/N-ethyl adjacent to an activating group) is 1. The van der Waals surface area contributed by atoms with Crippen molar-refractivity contribution in [2.24, 2.45) is 17.3 Å². The molecule has 5 atom stereocenters. The number of aliphatic hydroxyl groups excluding tert-OH is 1. The molecule has 0 unspecified atom stereocenters. The third-order valence-electron chi connectivity index (χ3n) is 8.69. The van der Waals surface area contributed by atoms with E-state index in [4.69, 9.17) is 4.74 Å². The molecule has 0 aliphatic heterocycles. The van der Waals surface area contributed by atoms with Gasteiger partial charge in [-0.15, -0.1) is 0 Å². The van der Waals surface area contributed by atoms with Gasteiger partial charge in [-0.25, -0.2) is 0 Å². The van der Waals surface area contributed by atoms with Crippen LogP contribution in [0.3, 0.4) is 0 Å². The average Bonchev–Trinajstić information content (AvgIpc) is 3.08. The van der Waals surface area contributed by atoms with E-state index in [0.717, 1.165) is 37.6 Å². The van der Waals surface area contributed by atoms with Crippen LogP contribution in [0.4, 0.5) is 0 Å². The van der Waals surface area contributed by atoms with Crippen molar-refractivity contribution >= 4 is 0 Å². The Labute approximate surface area is 187 Å². The Morgan fingerprint density at radius 1 is 1.06 bits per heavy atom. The second-order valence-corrected chi connectivity index (χ2v) is 10.5. The molecule has 2 aromatic carbocycles. The molecule has 0 spiro atoms. The Bertz CT molecular complexity index is 897. The minimum absolute atomic E-state index is 0.0874. The molecule has 0 radical (unpaired) electrons. The lowest BCUT2D eigenvalue weighted by molar-refractivity contribution is -0.0226. The number of ether oxygens (including phenoxy) is 1. The molecule has 2 fully saturated rings. The molecular weight excluding hydrogens is 382 g/mol. The van der Waals surface area contributed by atoms with Crippen molar-refractivity contribution in [3.8, 4) is 5.75 Å². The smallest absolute Gasteiger partial charge is 0.119 e. The zero-order valence-electron chi connectivity index (χ0n) is 19.1. The maximum Gasteiger partial charge on any atom is 0.119 e. The van der Waals surface area contributed by atoms with E-state index in [-0.39, 0.29) is 11.5 Å². The van der Waals surface area contributed by atoms with Crippen molar-refractivity contribution < 1.29 is 9.84 Å². The molecule has 5 rings (SSSR count). The van der Waals surface area contributed by atoms with Gasteiger partial charge in [0.25, 0.3) is 0 Å². The van der Waals surface area contributed by atoms with Crippen LogP contribution in [0.5, 0.6) is 5.75 Å². The summed E-state index contributed by atoms with van der Waals surface area (Å²) in [7, 11) is 2.15. The van der Waals surface area contributed by atoms with E-state index in [1.54, 1.807) is 5.56 Å². The van der Waals surface area contributed by atoms with Gasteiger partial charge in [-0.1, -0.05) is 43.3 Å². The maximum absolute atomic E-state index is 10.6. The van der Waals surface area contributed by atoms with Crippen LogP contribution in [0, 0.1) is 17.3 Å². The van der Waals surface area contributed by atoms with Crippen molar-refractivity contribution in [3.63, 3.8) is 0 Å². The Morgan fingerprint density at radius 2 is 1.90 bits per heavy atom. The van der Waals surface area contributed by atoms with E-state index in [1.165, 1.54) is 36.8 Å². The van der Waals surface area contributed by atoms with Gasteiger partial charge >= 0.3 is 0 Å². The number of aryl methyl sites for hydroxylation is 1. The maximum atomic E-state index is 10.6. The van der Waals surface area contributed by atoms with E-state index < -0.39 is 0 Å². The summed E-state index contributed by atoms with van der Waals surface area (Å²) < 4.78 is 6.14. The zero-order valence-corrected chi connectivity index (χ0v) is 19.1. The standard InChI is InChI=1S/C28H37NO2/c1-28-15-14-24-23-11-9-22(31-17-16-29(2)19-20-6-4-3-5-7-20)18-21(23)8-10-25(24)26(28)12-13-27(28)30/h3-7,9,11,18,24-27,30H,8,10,12-17,19H2,1-2H3/t24-,25-,26+,27+,28+/m1/s1. The van der Waals surface area contributed by atoms with Gasteiger partial charge in [0, 0.05) is 13.1 Å². The van der Waals surface area contributed by atoms with Gasteiger partial charge in [-0.05, 0) is 97.6 Å². The lowest BCUT2D eigenvalue weighted by Gasteiger charge is -2.50. The Balaban J connectivity index is 1.19. The normalized spacial score (nSPS) is 31.7. The van der Waals surface area contributed by atoms with Crippen LogP contribution in [0.25, 0.3) is 0 Å². The monoisotopic (exact) mass is 419 g/mol. The molecule has 0 aromatic heterocycles. The zero-order chi connectivity index (χ0) is 21.4. The number of hydrogen-bond acceptors (Lipinski definition) is 3. The van der Waals surface area contributed by atoms with Gasteiger partial charge in [0.2, 0.25) is 0 Å². The first-order chi connectivity index (χ1) is 15.0. The van der Waals surface area contributed by atoms with Gasteiger partial charge in [-0.3, -0.25) is 4.90 Å². The van der Waals surface area contributed by atoms with E-state index in [1.807, 2.05) is 0 Å². The van der Waals surface area contributed by atoms with Crippen molar-refractivity contribution in [3.05, 3.63) is 65.2 Å². The van der Waals surface area contributed by atoms with Gasteiger partial charge < -0.3 is 9.84 Å². The fourth-order valence-corrected chi connectivity index (χ4v) is 6.91. The minimum atomic E-state index is -0.0874. The topological polar surface area (TPSA) is 32.7 Å². The van der Waals surface area contributed by atoms with Crippen LogP contribution in [0.2, 0.25) is 0 Å². The summed E-state index contributed by atoms with van der Waals surface area (Å²) in [6.07, 6.45) is 6.96. The molecule has 3 heteroatoms. The first-order valence-corrected chi connectivity index (χ1v) is 12.2. The number of benzene rings is 2. The second-order valence-electron chi connectivity index (χ2n) is 10.5. The van der Waals surface area contributed by atoms with Gasteiger partial charge in [0.15, 0.2) is 0 Å². The molecule has 3 aliphatic carbocycles. The highest BCUT2D eigenvalue weighted by Gasteiger charge is 2.54. The van der Waals surface area contributed by atoms with E-state index in [9.17, 15) is 5.11 Å². The van der Waals surface area contributed by atoms with Crippen molar-refractivity contribution in [2.75, 3.05) is 20.2 Å². The summed E-state index contributed by atoms with van der Waals surface area (Å²) in [5.74, 6) is 3.15. The first kappa shape index (κ1) is 21.0. The summed E-state index contributed by atoms with van der Waals surface area (Å²) in [6, 6.07) is 17.5. The third kappa shape index (κ3) is 4.03. The Morgan fingerprint density at radius 3 is 2.74 bits per heavy atom. The largest absolute Gasteiger partial charge is 0.492 e. The molecule has 2 aromatic rings. The van der Waals surface area contributed by atoms with Crippen LogP contribution in [-0.4, -0.2) is 36.3 Å². The highest BCUT2D eigenvalue weighted by molar-refractivity contribution is 5.40. The SMILES string of the molecule is CN(CCOc1ccc2c(c1)CC[C@@H]1[C@@H]2CC[C@]2(C)[C@@H](O)CC[C@@H]12)Cc1ccccc1. The molecule has 3 nitrogen and oxygen atoms in total. The van der Waals surface area contributed by atoms with Crippen molar-refractivity contribution in [2.45, 2.75) is 64.0 Å². The minimum Gasteiger partial charge on any atom is -0.492 e. The molecule has 0 saturated heterocycles. The summed E-state index contributed by atoms with van der Waals surface area (Å²) in [4.78, 5) is 2.31. The van der Waals surface area contributed by atoms with Crippen LogP contribution < -0.4 is 4.74 Å². The van der Waals surface area contributed by atoms with Gasteiger partial charge in [-0.2, -0.15) is 0 Å². The number of aliphatic hydroxyl groups is 1. The highest BCUT2D eigenvalue weighted by Crippen LogP contribution is 2.60. The average molecular weight is 420 g/mol. The van der Waals surface area contributed by atoms with Crippen LogP contribution in [-0.2, 0) is 13.0 Å². The van der Waals surface area contributed by atoms with E-state index >= 15 is 0 Å². The molecule has 1 N–H and O–H groups in total. The highest BCUT2D eigenvalue weighted by atomic mass is 16.5. The van der Waals surface area contributed by atoms with Crippen molar-refractivity contribution in [1.82, 2.24) is 4.90 Å². The predicted molar refractivity (Wildman–Crippen MR) is 125 cm³/mol. The second kappa shape index (κ2) is 8.60. The van der Waals surface area contributed by atoms with Crippen LogP contribution in [0.1, 0.15) is 61.6 Å². The lowest BCUT2D eigenvalue weighted by Crippen LogP contribution is -2.43. The summed E-state index contributed by atoms with van der Waals surface area (Å²) in [5, 5.41) is 10.6. The fraction of sp³-hybridized carbons (Fsp3) is 0.571. The fourth-order valence-electron chi connectivity index (χ4n) is 6.91. The molecule has 166 valence electrons. The third-order valence-corrected chi connectivity index (χ3v) is 8.69. The molecule has 2 saturated carbocycles. The predicted octanol–water partition coefficient (Wildman–Crippen LogP) is 5.41. The van der Waals surface area contributed by atoms with Gasteiger partial charge in [0.1, 0.15) is 12.4 Å².